The molecule has 0 amide bonds. The lowest BCUT2D eigenvalue weighted by atomic mass is 9.49. The lowest BCUT2D eigenvalue weighted by Gasteiger charge is -2.60. The molecule has 0 saturated heterocycles. The maximum atomic E-state index is 5.92. The van der Waals surface area contributed by atoms with Crippen LogP contribution in [0.5, 0.6) is 5.75 Å². The van der Waals surface area contributed by atoms with E-state index >= 15 is 0 Å². The number of ether oxygens (including phenoxy) is 1. The van der Waals surface area contributed by atoms with Gasteiger partial charge in [0.2, 0.25) is 0 Å². The van der Waals surface area contributed by atoms with Gasteiger partial charge in [0, 0.05) is 17.9 Å². The largest absolute Gasteiger partial charge is 0.493 e. The highest BCUT2D eigenvalue weighted by Gasteiger charge is 2.58. The number of fused-ring (bicyclic) bond motifs is 3. The van der Waals surface area contributed by atoms with Crippen molar-refractivity contribution in [2.24, 2.45) is 11.3 Å². The van der Waals surface area contributed by atoms with Crippen molar-refractivity contribution in [1.82, 2.24) is 5.32 Å². The molecule has 1 N–H and O–H groups in total. The van der Waals surface area contributed by atoms with Gasteiger partial charge in [-0.05, 0) is 30.0 Å². The summed E-state index contributed by atoms with van der Waals surface area (Å²) in [5, 5.41) is 3.71. The minimum Gasteiger partial charge on any atom is -0.493 e. The van der Waals surface area contributed by atoms with Gasteiger partial charge in [-0.1, -0.05) is 39.0 Å². The normalized spacial score (nSPS) is 31.8. The van der Waals surface area contributed by atoms with Gasteiger partial charge in [-0.15, -0.1) is 0 Å². The fourth-order valence-electron chi connectivity index (χ4n) is 3.96. The summed E-state index contributed by atoms with van der Waals surface area (Å²) in [7, 11) is 0. The van der Waals surface area contributed by atoms with E-state index in [9.17, 15) is 0 Å². The molecule has 98 valence electrons. The second-order valence-electron chi connectivity index (χ2n) is 6.24. The molecule has 0 radical (unpaired) electrons. The zero-order valence-electron chi connectivity index (χ0n) is 11.6. The molecule has 3 unspecified atom stereocenters. The van der Waals surface area contributed by atoms with E-state index in [-0.39, 0.29) is 0 Å². The molecule has 2 aliphatic rings. The van der Waals surface area contributed by atoms with Crippen molar-refractivity contribution >= 4 is 0 Å². The van der Waals surface area contributed by atoms with Gasteiger partial charge in [-0.2, -0.15) is 0 Å². The topological polar surface area (TPSA) is 21.3 Å². The summed E-state index contributed by atoms with van der Waals surface area (Å²) in [5.41, 5.74) is 1.74. The highest BCUT2D eigenvalue weighted by molar-refractivity contribution is 5.43. The van der Waals surface area contributed by atoms with E-state index in [0.717, 1.165) is 18.9 Å². The molecule has 0 bridgehead atoms. The van der Waals surface area contributed by atoms with Crippen LogP contribution in [-0.2, 0) is 0 Å². The highest BCUT2D eigenvalue weighted by Crippen LogP contribution is 2.60. The van der Waals surface area contributed by atoms with Crippen molar-refractivity contribution in [3.63, 3.8) is 0 Å². The van der Waals surface area contributed by atoms with Crippen molar-refractivity contribution in [3.8, 4) is 5.75 Å². The molecular formula is C16H23NO. The molecular weight excluding hydrogens is 222 g/mol. The Kier molecular flexibility index (Phi) is 2.86. The van der Waals surface area contributed by atoms with E-state index in [2.05, 4.69) is 50.4 Å². The van der Waals surface area contributed by atoms with Gasteiger partial charge in [0.1, 0.15) is 5.75 Å². The van der Waals surface area contributed by atoms with Gasteiger partial charge >= 0.3 is 0 Å². The first-order valence-electron chi connectivity index (χ1n) is 7.11. The first-order valence-corrected chi connectivity index (χ1v) is 7.11. The first-order chi connectivity index (χ1) is 8.66. The van der Waals surface area contributed by atoms with Crippen molar-refractivity contribution in [3.05, 3.63) is 29.8 Å². The van der Waals surface area contributed by atoms with E-state index in [0.29, 0.717) is 23.3 Å². The van der Waals surface area contributed by atoms with Crippen molar-refractivity contribution < 1.29 is 4.74 Å². The van der Waals surface area contributed by atoms with Crippen LogP contribution in [0.4, 0.5) is 0 Å². The number of nitrogens with one attached hydrogen (secondary N) is 1. The maximum absolute atomic E-state index is 5.92. The number of hydrogen-bond acceptors (Lipinski definition) is 2. The minimum absolute atomic E-state index is 0.333. The van der Waals surface area contributed by atoms with E-state index in [4.69, 9.17) is 4.74 Å². The SMILES string of the molecule is CCCNC1C2COc3ccccc3C2C1(C)C. The van der Waals surface area contributed by atoms with Crippen LogP contribution in [0.1, 0.15) is 38.7 Å². The van der Waals surface area contributed by atoms with E-state index < -0.39 is 0 Å². The Hall–Kier alpha value is -1.02. The van der Waals surface area contributed by atoms with Gasteiger partial charge in [-0.25, -0.2) is 0 Å². The van der Waals surface area contributed by atoms with Crippen LogP contribution in [0, 0.1) is 11.3 Å². The third-order valence-electron chi connectivity index (χ3n) is 4.76. The first kappa shape index (κ1) is 12.0. The Morgan fingerprint density at radius 1 is 1.33 bits per heavy atom. The summed E-state index contributed by atoms with van der Waals surface area (Å²) in [4.78, 5) is 0. The smallest absolute Gasteiger partial charge is 0.122 e. The van der Waals surface area contributed by atoms with Crippen LogP contribution in [0.25, 0.3) is 0 Å². The molecule has 1 aromatic rings. The van der Waals surface area contributed by atoms with Crippen LogP contribution in [0.15, 0.2) is 24.3 Å². The van der Waals surface area contributed by atoms with Crippen LogP contribution >= 0.6 is 0 Å². The van der Waals surface area contributed by atoms with Gasteiger partial charge in [0.25, 0.3) is 0 Å². The fourth-order valence-corrected chi connectivity index (χ4v) is 3.96. The summed E-state index contributed by atoms with van der Waals surface area (Å²) < 4.78 is 5.92. The standard InChI is InChI=1S/C16H23NO/c1-4-9-17-15-12-10-18-13-8-6-5-7-11(13)14(12)16(15,2)3/h5-8,12,14-15,17H,4,9-10H2,1-3H3. The summed E-state index contributed by atoms with van der Waals surface area (Å²) >= 11 is 0. The minimum atomic E-state index is 0.333. The predicted molar refractivity (Wildman–Crippen MR) is 74.0 cm³/mol. The van der Waals surface area contributed by atoms with Gasteiger partial charge in [0.15, 0.2) is 0 Å². The van der Waals surface area contributed by atoms with Crippen LogP contribution < -0.4 is 10.1 Å². The summed E-state index contributed by atoms with van der Waals surface area (Å²) in [6.45, 7) is 8.99. The van der Waals surface area contributed by atoms with Gasteiger partial charge < -0.3 is 10.1 Å². The Balaban J connectivity index is 1.87. The van der Waals surface area contributed by atoms with E-state index in [1.165, 1.54) is 12.0 Å². The molecule has 2 nitrogen and oxygen atoms in total. The summed E-state index contributed by atoms with van der Waals surface area (Å²) in [5.74, 6) is 2.39. The average molecular weight is 245 g/mol. The quantitative estimate of drug-likeness (QED) is 0.883. The third-order valence-corrected chi connectivity index (χ3v) is 4.76. The van der Waals surface area contributed by atoms with Crippen molar-refractivity contribution in [2.45, 2.75) is 39.2 Å². The predicted octanol–water partition coefficient (Wildman–Crippen LogP) is 3.19. The molecule has 18 heavy (non-hydrogen) atoms. The zero-order valence-corrected chi connectivity index (χ0v) is 11.6. The summed E-state index contributed by atoms with van der Waals surface area (Å²) in [6, 6.07) is 9.14. The molecule has 2 heteroatoms. The van der Waals surface area contributed by atoms with Crippen molar-refractivity contribution in [1.29, 1.82) is 0 Å². The average Bonchev–Trinajstić information content (AvgIpc) is 2.37. The molecule has 3 rings (SSSR count). The van der Waals surface area contributed by atoms with Crippen LogP contribution in [0.3, 0.4) is 0 Å². The number of rotatable bonds is 3. The molecule has 1 fully saturated rings. The fraction of sp³-hybridized carbons (Fsp3) is 0.625. The third kappa shape index (κ3) is 1.58. The van der Waals surface area contributed by atoms with Crippen molar-refractivity contribution in [2.75, 3.05) is 13.2 Å². The number of benzene rings is 1. The Morgan fingerprint density at radius 3 is 2.89 bits per heavy atom. The van der Waals surface area contributed by atoms with E-state index in [1.54, 1.807) is 0 Å². The Morgan fingerprint density at radius 2 is 2.11 bits per heavy atom. The van der Waals surface area contributed by atoms with Crippen LogP contribution in [-0.4, -0.2) is 19.2 Å². The molecule has 3 atom stereocenters. The monoisotopic (exact) mass is 245 g/mol. The molecule has 1 saturated carbocycles. The second kappa shape index (κ2) is 4.27. The lowest BCUT2D eigenvalue weighted by molar-refractivity contribution is -0.0493. The zero-order chi connectivity index (χ0) is 12.8. The van der Waals surface area contributed by atoms with E-state index in [1.807, 2.05) is 0 Å². The maximum Gasteiger partial charge on any atom is 0.122 e. The second-order valence-corrected chi connectivity index (χ2v) is 6.24. The Bertz CT molecular complexity index is 440. The molecule has 1 aromatic carbocycles. The number of para-hydroxylation sites is 1. The molecule has 0 aromatic heterocycles. The molecule has 1 aliphatic heterocycles. The summed E-state index contributed by atoms with van der Waals surface area (Å²) in [6.07, 6.45) is 1.20. The van der Waals surface area contributed by atoms with Gasteiger partial charge in [0.05, 0.1) is 6.61 Å². The Labute approximate surface area is 110 Å². The lowest BCUT2D eigenvalue weighted by Crippen LogP contribution is -2.65. The molecule has 0 spiro atoms. The van der Waals surface area contributed by atoms with Gasteiger partial charge in [-0.3, -0.25) is 0 Å². The highest BCUT2D eigenvalue weighted by atomic mass is 16.5. The molecule has 1 aliphatic carbocycles. The molecule has 1 heterocycles. The van der Waals surface area contributed by atoms with Crippen LogP contribution in [0.2, 0.25) is 0 Å². The number of hydrogen-bond donors (Lipinski definition) is 1.